The Morgan fingerprint density at radius 3 is 2.67 bits per heavy atom. The Labute approximate surface area is 75.2 Å². The highest BCUT2D eigenvalue weighted by atomic mass is 35.5. The van der Waals surface area contributed by atoms with Crippen molar-refractivity contribution >= 4 is 17.4 Å². The van der Waals surface area contributed by atoms with E-state index in [1.807, 2.05) is 0 Å². The van der Waals surface area contributed by atoms with Gasteiger partial charge in [0.25, 0.3) is 0 Å². The summed E-state index contributed by atoms with van der Waals surface area (Å²) >= 11 is 5.68. The van der Waals surface area contributed by atoms with Crippen molar-refractivity contribution in [3.05, 3.63) is 34.3 Å². The normalized spacial score (nSPS) is 9.92. The maximum atomic E-state index is 12.4. The van der Waals surface area contributed by atoms with Crippen molar-refractivity contribution in [1.82, 2.24) is 0 Å². The zero-order valence-electron chi connectivity index (χ0n) is 6.60. The highest BCUT2D eigenvalue weighted by Gasteiger charge is 2.09. The van der Waals surface area contributed by atoms with Gasteiger partial charge < -0.3 is 0 Å². The van der Waals surface area contributed by atoms with Crippen LogP contribution in [0.2, 0.25) is 5.02 Å². The summed E-state index contributed by atoms with van der Waals surface area (Å²) in [5.41, 5.74) is 0.650. The molecule has 0 bridgehead atoms. The second kappa shape index (κ2) is 3.68. The molecule has 3 heteroatoms. The van der Waals surface area contributed by atoms with Crippen LogP contribution in [0.3, 0.4) is 0 Å². The number of carbonyl (C=O) groups excluding carboxylic acids is 1. The maximum absolute atomic E-state index is 12.4. The third-order valence-electron chi connectivity index (χ3n) is 1.63. The Morgan fingerprint density at radius 1 is 1.58 bits per heavy atom. The average molecular weight is 187 g/mol. The van der Waals surface area contributed by atoms with Gasteiger partial charge in [-0.25, -0.2) is 4.39 Å². The number of Topliss-reactive ketones (excluding diaryl/α,β-unsaturated/α-hetero) is 1. The summed E-state index contributed by atoms with van der Waals surface area (Å²) < 4.78 is 12.4. The van der Waals surface area contributed by atoms with Crippen LogP contribution in [0.1, 0.15) is 22.8 Å². The standard InChI is InChI=1S/C9H8ClFO/c1-6(12)7-3-2-4-9(10)8(7)5-11/h2-4H,5H2,1H3. The smallest absolute Gasteiger partial charge is 0.160 e. The fourth-order valence-electron chi connectivity index (χ4n) is 1.02. The lowest BCUT2D eigenvalue weighted by Gasteiger charge is -2.03. The third kappa shape index (κ3) is 1.64. The lowest BCUT2D eigenvalue weighted by Crippen LogP contribution is -1.98. The van der Waals surface area contributed by atoms with Crippen molar-refractivity contribution in [3.63, 3.8) is 0 Å². The molecule has 12 heavy (non-hydrogen) atoms. The lowest BCUT2D eigenvalue weighted by atomic mass is 10.1. The number of hydrogen-bond acceptors (Lipinski definition) is 1. The van der Waals surface area contributed by atoms with Crippen LogP contribution in [0.25, 0.3) is 0 Å². The third-order valence-corrected chi connectivity index (χ3v) is 1.99. The molecule has 64 valence electrons. The fourth-order valence-corrected chi connectivity index (χ4v) is 1.25. The largest absolute Gasteiger partial charge is 0.294 e. The van der Waals surface area contributed by atoms with E-state index >= 15 is 0 Å². The molecule has 0 atom stereocenters. The molecule has 0 heterocycles. The van der Waals surface area contributed by atoms with Crippen LogP contribution in [-0.2, 0) is 6.67 Å². The molecule has 1 nitrogen and oxygen atoms in total. The SMILES string of the molecule is CC(=O)c1cccc(Cl)c1CF. The average Bonchev–Trinajstić information content (AvgIpc) is 2.03. The van der Waals surface area contributed by atoms with E-state index in [9.17, 15) is 9.18 Å². The molecule has 0 spiro atoms. The number of halogens is 2. The molecule has 0 amide bonds. The van der Waals surface area contributed by atoms with Crippen molar-refractivity contribution in [3.8, 4) is 0 Å². The number of ketones is 1. The van der Waals surface area contributed by atoms with Crippen LogP contribution in [0.15, 0.2) is 18.2 Å². The van der Waals surface area contributed by atoms with Gasteiger partial charge in [0, 0.05) is 16.1 Å². The second-order valence-electron chi connectivity index (χ2n) is 2.46. The summed E-state index contributed by atoms with van der Waals surface area (Å²) in [5, 5.41) is 0.310. The van der Waals surface area contributed by atoms with Crippen molar-refractivity contribution in [2.24, 2.45) is 0 Å². The summed E-state index contributed by atoms with van der Waals surface area (Å²) in [7, 11) is 0. The quantitative estimate of drug-likeness (QED) is 0.649. The first-order valence-electron chi connectivity index (χ1n) is 3.51. The van der Waals surface area contributed by atoms with Crippen LogP contribution in [0.5, 0.6) is 0 Å². The molecular formula is C9H8ClFO. The van der Waals surface area contributed by atoms with Crippen molar-refractivity contribution in [1.29, 1.82) is 0 Å². The summed E-state index contributed by atoms with van der Waals surface area (Å²) in [6.07, 6.45) is 0. The Morgan fingerprint density at radius 2 is 2.25 bits per heavy atom. The van der Waals surface area contributed by atoms with Gasteiger partial charge in [0.2, 0.25) is 0 Å². The molecule has 0 N–H and O–H groups in total. The summed E-state index contributed by atoms with van der Waals surface area (Å²) in [4.78, 5) is 11.0. The van der Waals surface area contributed by atoms with E-state index in [0.717, 1.165) is 0 Å². The first-order chi connectivity index (χ1) is 5.66. The monoisotopic (exact) mass is 186 g/mol. The molecule has 0 aromatic heterocycles. The Kier molecular flexibility index (Phi) is 2.82. The Balaban J connectivity index is 3.27. The van der Waals surface area contributed by atoms with E-state index in [1.54, 1.807) is 18.2 Å². The number of alkyl halides is 1. The van der Waals surface area contributed by atoms with Crippen LogP contribution in [-0.4, -0.2) is 5.78 Å². The number of hydrogen-bond donors (Lipinski definition) is 0. The predicted octanol–water partition coefficient (Wildman–Crippen LogP) is 3.01. The van der Waals surface area contributed by atoms with E-state index in [1.165, 1.54) is 6.92 Å². The van der Waals surface area contributed by atoms with Gasteiger partial charge in [-0.15, -0.1) is 0 Å². The van der Waals surface area contributed by atoms with Crippen molar-refractivity contribution < 1.29 is 9.18 Å². The van der Waals surface area contributed by atoms with Gasteiger partial charge in [-0.1, -0.05) is 23.7 Å². The van der Waals surface area contributed by atoms with Gasteiger partial charge in [-0.2, -0.15) is 0 Å². The summed E-state index contributed by atoms with van der Waals surface area (Å²) in [6, 6.07) is 4.78. The fraction of sp³-hybridized carbons (Fsp3) is 0.222. The van der Waals surface area contributed by atoms with Gasteiger partial charge in [-0.3, -0.25) is 4.79 Å². The molecule has 0 aliphatic heterocycles. The second-order valence-corrected chi connectivity index (χ2v) is 2.86. The van der Waals surface area contributed by atoms with Crippen molar-refractivity contribution in [2.75, 3.05) is 0 Å². The molecule has 0 unspecified atom stereocenters. The van der Waals surface area contributed by atoms with Crippen LogP contribution in [0.4, 0.5) is 4.39 Å². The highest BCUT2D eigenvalue weighted by molar-refractivity contribution is 6.31. The molecule has 0 aliphatic carbocycles. The topological polar surface area (TPSA) is 17.1 Å². The highest BCUT2D eigenvalue weighted by Crippen LogP contribution is 2.21. The van der Waals surface area contributed by atoms with Gasteiger partial charge in [0.1, 0.15) is 6.67 Å². The van der Waals surface area contributed by atoms with E-state index in [4.69, 9.17) is 11.6 Å². The first kappa shape index (κ1) is 9.20. The minimum atomic E-state index is -0.700. The zero-order chi connectivity index (χ0) is 9.14. The van der Waals surface area contributed by atoms with Crippen LogP contribution < -0.4 is 0 Å². The van der Waals surface area contributed by atoms with Gasteiger partial charge in [-0.05, 0) is 13.0 Å². The molecule has 0 aliphatic rings. The lowest BCUT2D eigenvalue weighted by molar-refractivity contribution is 0.101. The summed E-state index contributed by atoms with van der Waals surface area (Å²) in [6.45, 7) is 0.694. The van der Waals surface area contributed by atoms with Crippen LogP contribution >= 0.6 is 11.6 Å². The number of benzene rings is 1. The number of carbonyl (C=O) groups is 1. The van der Waals surface area contributed by atoms with Crippen molar-refractivity contribution in [2.45, 2.75) is 13.6 Å². The first-order valence-corrected chi connectivity index (χ1v) is 3.89. The minimum absolute atomic E-state index is 0.162. The zero-order valence-corrected chi connectivity index (χ0v) is 7.36. The van der Waals surface area contributed by atoms with Gasteiger partial charge in [0.05, 0.1) is 0 Å². The molecule has 1 rings (SSSR count). The van der Waals surface area contributed by atoms with Crippen LogP contribution in [0, 0.1) is 0 Å². The molecular weight excluding hydrogens is 179 g/mol. The van der Waals surface area contributed by atoms with E-state index in [-0.39, 0.29) is 11.3 Å². The van der Waals surface area contributed by atoms with E-state index in [0.29, 0.717) is 10.6 Å². The van der Waals surface area contributed by atoms with E-state index in [2.05, 4.69) is 0 Å². The van der Waals surface area contributed by atoms with E-state index < -0.39 is 6.67 Å². The molecule has 0 radical (unpaired) electrons. The predicted molar refractivity (Wildman–Crippen MR) is 46.3 cm³/mol. The Bertz CT molecular complexity index is 309. The summed E-state index contributed by atoms with van der Waals surface area (Å²) in [5.74, 6) is -0.162. The van der Waals surface area contributed by atoms with Gasteiger partial charge >= 0.3 is 0 Å². The molecule has 1 aromatic rings. The maximum Gasteiger partial charge on any atom is 0.160 e. The Hall–Kier alpha value is -0.890. The molecule has 0 fully saturated rings. The molecule has 0 saturated carbocycles. The minimum Gasteiger partial charge on any atom is -0.294 e. The number of rotatable bonds is 2. The molecule has 1 aromatic carbocycles. The van der Waals surface area contributed by atoms with Gasteiger partial charge in [0.15, 0.2) is 5.78 Å². The molecule has 0 saturated heterocycles.